The first-order valence-electron chi connectivity index (χ1n) is 5.29. The monoisotopic (exact) mass is 257 g/mol. The first-order chi connectivity index (χ1) is 8.15. The van der Waals surface area contributed by atoms with Gasteiger partial charge < -0.3 is 15.5 Å². The maximum atomic E-state index is 12.0. The molecule has 1 heterocycles. The van der Waals surface area contributed by atoms with Crippen molar-refractivity contribution >= 4 is 23.1 Å². The minimum absolute atomic E-state index is 0.0139. The molecule has 1 aromatic rings. The highest BCUT2D eigenvalue weighted by Crippen LogP contribution is 2.13. The van der Waals surface area contributed by atoms with E-state index >= 15 is 0 Å². The second kappa shape index (κ2) is 7.16. The molecule has 3 N–H and O–H groups in total. The summed E-state index contributed by atoms with van der Waals surface area (Å²) < 4.78 is 0. The average Bonchev–Trinajstić information content (AvgIpc) is 2.80. The lowest BCUT2D eigenvalue weighted by atomic mass is 10.1. The Hall–Kier alpha value is -1.24. The fourth-order valence-corrected chi connectivity index (χ4v) is 2.10. The lowest BCUT2D eigenvalue weighted by Crippen LogP contribution is -2.39. The van der Waals surface area contributed by atoms with E-state index < -0.39 is 12.0 Å². The van der Waals surface area contributed by atoms with Gasteiger partial charge in [0.25, 0.3) is 0 Å². The van der Waals surface area contributed by atoms with Crippen molar-refractivity contribution in [2.75, 3.05) is 13.2 Å². The van der Waals surface area contributed by atoms with Gasteiger partial charge >= 0.3 is 5.97 Å². The third-order valence-corrected chi connectivity index (χ3v) is 3.07. The Morgan fingerprint density at radius 1 is 1.47 bits per heavy atom. The summed E-state index contributed by atoms with van der Waals surface area (Å²) >= 11 is 1.29. The van der Waals surface area contributed by atoms with E-state index in [1.165, 1.54) is 11.3 Å². The molecule has 0 saturated heterocycles. The number of aliphatic hydroxyl groups is 1. The number of Topliss-reactive ketones (excluding diaryl/α,β-unsaturated/α-hetero) is 1. The minimum atomic E-state index is -1.02. The molecule has 1 unspecified atom stereocenters. The third kappa shape index (κ3) is 4.64. The molecule has 0 fully saturated rings. The number of carbonyl (C=O) groups is 2. The Labute approximate surface area is 103 Å². The minimum Gasteiger partial charge on any atom is -0.481 e. The van der Waals surface area contributed by atoms with Crippen molar-refractivity contribution in [2.24, 2.45) is 0 Å². The van der Waals surface area contributed by atoms with Crippen LogP contribution < -0.4 is 5.32 Å². The number of carbonyl (C=O) groups excluding carboxylic acids is 1. The van der Waals surface area contributed by atoms with Crippen LogP contribution in [0.15, 0.2) is 17.5 Å². The number of aliphatic carboxylic acids is 1. The van der Waals surface area contributed by atoms with Gasteiger partial charge in [-0.25, -0.2) is 0 Å². The van der Waals surface area contributed by atoms with E-state index in [4.69, 9.17) is 10.2 Å². The molecule has 0 spiro atoms. The fourth-order valence-electron chi connectivity index (χ4n) is 1.38. The molecule has 1 rings (SSSR count). The van der Waals surface area contributed by atoms with Gasteiger partial charge in [0.1, 0.15) is 0 Å². The summed E-state index contributed by atoms with van der Waals surface area (Å²) in [6.45, 7) is 0.436. The van der Waals surface area contributed by atoms with Gasteiger partial charge in [-0.05, 0) is 24.4 Å². The number of hydrogen-bond acceptors (Lipinski definition) is 5. The second-order valence-corrected chi connectivity index (χ2v) is 4.47. The largest absolute Gasteiger partial charge is 0.481 e. The highest BCUT2D eigenvalue weighted by Gasteiger charge is 2.22. The molecule has 17 heavy (non-hydrogen) atoms. The average molecular weight is 257 g/mol. The van der Waals surface area contributed by atoms with Crippen molar-refractivity contribution in [1.29, 1.82) is 0 Å². The number of ketones is 1. The zero-order valence-electron chi connectivity index (χ0n) is 9.26. The van der Waals surface area contributed by atoms with Gasteiger partial charge in [0.15, 0.2) is 5.78 Å². The predicted molar refractivity (Wildman–Crippen MR) is 64.4 cm³/mol. The van der Waals surface area contributed by atoms with Gasteiger partial charge in [0.05, 0.1) is 17.3 Å². The maximum Gasteiger partial charge on any atom is 0.305 e. The van der Waals surface area contributed by atoms with Crippen LogP contribution in [0.3, 0.4) is 0 Å². The Morgan fingerprint density at radius 2 is 2.24 bits per heavy atom. The lowest BCUT2D eigenvalue weighted by molar-refractivity contribution is -0.137. The lowest BCUT2D eigenvalue weighted by Gasteiger charge is -2.14. The zero-order valence-corrected chi connectivity index (χ0v) is 10.1. The number of carboxylic acids is 1. The van der Waals surface area contributed by atoms with Crippen LogP contribution in [0.25, 0.3) is 0 Å². The Kier molecular flexibility index (Phi) is 5.82. The molecule has 0 amide bonds. The highest BCUT2D eigenvalue weighted by molar-refractivity contribution is 7.12. The third-order valence-electron chi connectivity index (χ3n) is 2.18. The summed E-state index contributed by atoms with van der Waals surface area (Å²) in [6.07, 6.45) is 0.246. The van der Waals surface area contributed by atoms with Gasteiger partial charge in [-0.1, -0.05) is 6.07 Å². The topological polar surface area (TPSA) is 86.6 Å². The quantitative estimate of drug-likeness (QED) is 0.472. The molecule has 0 aliphatic carbocycles. The van der Waals surface area contributed by atoms with E-state index in [-0.39, 0.29) is 18.8 Å². The van der Waals surface area contributed by atoms with Crippen molar-refractivity contribution in [2.45, 2.75) is 18.9 Å². The molecule has 94 valence electrons. The molecule has 0 radical (unpaired) electrons. The summed E-state index contributed by atoms with van der Waals surface area (Å²) in [5.74, 6) is -1.23. The molecule has 6 heteroatoms. The van der Waals surface area contributed by atoms with Crippen LogP contribution in [0.4, 0.5) is 0 Å². The number of nitrogens with one attached hydrogen (secondary N) is 1. The molecule has 0 aromatic carbocycles. The molecule has 1 atom stereocenters. The van der Waals surface area contributed by atoms with Gasteiger partial charge in [0, 0.05) is 6.61 Å². The summed E-state index contributed by atoms with van der Waals surface area (Å²) in [6, 6.07) is 2.71. The number of aliphatic hydroxyl groups excluding tert-OH is 1. The van der Waals surface area contributed by atoms with Crippen molar-refractivity contribution in [3.05, 3.63) is 22.4 Å². The van der Waals surface area contributed by atoms with Crippen LogP contribution >= 0.6 is 11.3 Å². The molecular formula is C11H15NO4S. The van der Waals surface area contributed by atoms with E-state index in [1.54, 1.807) is 17.5 Å². The number of thiophene rings is 1. The van der Waals surface area contributed by atoms with Crippen molar-refractivity contribution in [1.82, 2.24) is 5.32 Å². The highest BCUT2D eigenvalue weighted by atomic mass is 32.1. The standard InChI is InChI=1S/C11H15NO4S/c13-5-2-4-12-8(7-10(14)15)11(16)9-3-1-6-17-9/h1,3,6,8,12-13H,2,4-5,7H2,(H,14,15). The SMILES string of the molecule is O=C(O)CC(NCCCO)C(=O)c1cccs1. The van der Waals surface area contributed by atoms with Gasteiger partial charge in [0.2, 0.25) is 0 Å². The molecule has 0 aliphatic rings. The van der Waals surface area contributed by atoms with E-state index in [0.717, 1.165) is 0 Å². The molecule has 5 nitrogen and oxygen atoms in total. The van der Waals surface area contributed by atoms with Gasteiger partial charge in [-0.15, -0.1) is 11.3 Å². The maximum absolute atomic E-state index is 12.0. The van der Waals surface area contributed by atoms with Crippen LogP contribution in [0, 0.1) is 0 Å². The van der Waals surface area contributed by atoms with E-state index in [1.807, 2.05) is 0 Å². The normalized spacial score (nSPS) is 12.3. The first-order valence-corrected chi connectivity index (χ1v) is 6.17. The van der Waals surface area contributed by atoms with Crippen LogP contribution in [-0.4, -0.2) is 41.2 Å². The fraction of sp³-hybridized carbons (Fsp3) is 0.455. The van der Waals surface area contributed by atoms with Crippen LogP contribution in [0.5, 0.6) is 0 Å². The van der Waals surface area contributed by atoms with Gasteiger partial charge in [-0.3, -0.25) is 9.59 Å². The summed E-state index contributed by atoms with van der Waals surface area (Å²) in [5.41, 5.74) is 0. The number of carboxylic acid groups (broad SMARTS) is 1. The van der Waals surface area contributed by atoms with Gasteiger partial charge in [-0.2, -0.15) is 0 Å². The van der Waals surface area contributed by atoms with Crippen molar-refractivity contribution in [3.63, 3.8) is 0 Å². The smallest absolute Gasteiger partial charge is 0.305 e. The zero-order chi connectivity index (χ0) is 12.7. The molecule has 0 bridgehead atoms. The second-order valence-electron chi connectivity index (χ2n) is 3.52. The van der Waals surface area contributed by atoms with E-state index in [0.29, 0.717) is 17.8 Å². The molecule has 0 saturated carbocycles. The van der Waals surface area contributed by atoms with E-state index in [9.17, 15) is 9.59 Å². The Bertz CT molecular complexity index is 364. The van der Waals surface area contributed by atoms with E-state index in [2.05, 4.69) is 5.32 Å². The summed E-state index contributed by atoms with van der Waals surface area (Å²) in [4.78, 5) is 23.2. The molecular weight excluding hydrogens is 242 g/mol. The van der Waals surface area contributed by atoms with Crippen molar-refractivity contribution < 1.29 is 19.8 Å². The first kappa shape index (κ1) is 13.8. The van der Waals surface area contributed by atoms with Crippen LogP contribution in [0.2, 0.25) is 0 Å². The molecule has 0 aliphatic heterocycles. The van der Waals surface area contributed by atoms with Crippen molar-refractivity contribution in [3.8, 4) is 0 Å². The Morgan fingerprint density at radius 3 is 2.76 bits per heavy atom. The number of rotatable bonds is 8. The summed E-state index contributed by atoms with van der Waals surface area (Å²) in [7, 11) is 0. The van der Waals surface area contributed by atoms with Crippen LogP contribution in [0.1, 0.15) is 22.5 Å². The van der Waals surface area contributed by atoms with Crippen LogP contribution in [-0.2, 0) is 4.79 Å². The summed E-state index contributed by atoms with van der Waals surface area (Å²) in [5, 5.41) is 22.0. The number of hydrogen-bond donors (Lipinski definition) is 3. The molecule has 1 aromatic heterocycles. The Balaban J connectivity index is 2.61. The predicted octanol–water partition coefficient (Wildman–Crippen LogP) is 0.746.